The van der Waals surface area contributed by atoms with Gasteiger partial charge in [-0.3, -0.25) is 4.79 Å². The maximum Gasteiger partial charge on any atom is 0.310 e. The number of fused-ring (bicyclic) bond motifs is 1. The molecule has 0 aliphatic carbocycles. The van der Waals surface area contributed by atoms with Crippen LogP contribution in [0.2, 0.25) is 0 Å². The van der Waals surface area contributed by atoms with Gasteiger partial charge < -0.3 is 9.15 Å². The van der Waals surface area contributed by atoms with Gasteiger partial charge in [-0.25, -0.2) is 0 Å². The van der Waals surface area contributed by atoms with Gasteiger partial charge in [0.15, 0.2) is 0 Å². The Morgan fingerprint density at radius 1 is 1.10 bits per heavy atom. The Kier molecular flexibility index (Phi) is 3.73. The van der Waals surface area contributed by atoms with Crippen molar-refractivity contribution in [2.45, 2.75) is 13.3 Å². The van der Waals surface area contributed by atoms with Crippen LogP contribution in [0.4, 0.5) is 0 Å². The molecule has 0 aliphatic heterocycles. The lowest BCUT2D eigenvalue weighted by atomic mass is 10.1. The number of carbonyl (C=O) groups is 1. The molecule has 2 aromatic carbocycles. The molecule has 0 saturated carbocycles. The first kappa shape index (κ1) is 13.4. The normalized spacial score (nSPS) is 10.7. The molecular formula is C18H16O3. The highest BCUT2D eigenvalue weighted by Gasteiger charge is 2.09. The van der Waals surface area contributed by atoms with E-state index in [9.17, 15) is 4.79 Å². The molecule has 0 amide bonds. The Bertz CT molecular complexity index is 756. The molecule has 3 aromatic rings. The Labute approximate surface area is 123 Å². The minimum absolute atomic E-state index is 0.205. The van der Waals surface area contributed by atoms with Gasteiger partial charge in [-0.05, 0) is 30.7 Å². The van der Waals surface area contributed by atoms with Gasteiger partial charge in [-0.15, -0.1) is 0 Å². The van der Waals surface area contributed by atoms with Crippen molar-refractivity contribution in [3.05, 3.63) is 60.2 Å². The summed E-state index contributed by atoms with van der Waals surface area (Å²) in [6.45, 7) is 2.22. The fourth-order valence-corrected chi connectivity index (χ4v) is 2.33. The van der Waals surface area contributed by atoms with Crippen LogP contribution in [-0.4, -0.2) is 12.6 Å². The van der Waals surface area contributed by atoms with Crippen molar-refractivity contribution in [1.29, 1.82) is 0 Å². The third-order valence-corrected chi connectivity index (χ3v) is 3.29. The molecule has 0 atom stereocenters. The summed E-state index contributed by atoms with van der Waals surface area (Å²) in [5.41, 5.74) is 2.79. The largest absolute Gasteiger partial charge is 0.466 e. The number of hydrogen-bond acceptors (Lipinski definition) is 3. The van der Waals surface area contributed by atoms with E-state index in [0.717, 1.165) is 27.9 Å². The average molecular weight is 280 g/mol. The molecule has 0 aliphatic rings. The molecule has 3 rings (SSSR count). The Balaban J connectivity index is 1.90. The summed E-state index contributed by atoms with van der Waals surface area (Å²) in [4.78, 5) is 11.5. The molecule has 0 spiro atoms. The summed E-state index contributed by atoms with van der Waals surface area (Å²) in [6.07, 6.45) is 0.287. The van der Waals surface area contributed by atoms with Crippen molar-refractivity contribution >= 4 is 16.9 Å². The van der Waals surface area contributed by atoms with Crippen LogP contribution < -0.4 is 0 Å². The van der Waals surface area contributed by atoms with Crippen LogP contribution in [0.1, 0.15) is 12.5 Å². The molecule has 21 heavy (non-hydrogen) atoms. The van der Waals surface area contributed by atoms with Crippen LogP contribution in [0, 0.1) is 0 Å². The monoisotopic (exact) mass is 280 g/mol. The van der Waals surface area contributed by atoms with Gasteiger partial charge >= 0.3 is 5.97 Å². The van der Waals surface area contributed by atoms with E-state index in [2.05, 4.69) is 0 Å². The van der Waals surface area contributed by atoms with E-state index in [0.29, 0.717) is 6.61 Å². The standard InChI is InChI=1S/C18H16O3/c1-2-20-18(19)11-13-8-9-16-15(10-13)12-17(21-16)14-6-4-3-5-7-14/h3-10,12H,2,11H2,1H3. The second-order valence-corrected chi connectivity index (χ2v) is 4.83. The van der Waals surface area contributed by atoms with Gasteiger partial charge in [-0.1, -0.05) is 36.4 Å². The maximum absolute atomic E-state index is 11.5. The molecule has 0 saturated heterocycles. The number of furan rings is 1. The van der Waals surface area contributed by atoms with Crippen molar-refractivity contribution in [2.24, 2.45) is 0 Å². The highest BCUT2D eigenvalue weighted by Crippen LogP contribution is 2.28. The topological polar surface area (TPSA) is 39.4 Å². The van der Waals surface area contributed by atoms with E-state index in [4.69, 9.17) is 9.15 Å². The lowest BCUT2D eigenvalue weighted by Gasteiger charge is -2.01. The first-order chi connectivity index (χ1) is 10.3. The third kappa shape index (κ3) is 2.97. The Hall–Kier alpha value is -2.55. The summed E-state index contributed by atoms with van der Waals surface area (Å²) in [5, 5.41) is 0.996. The summed E-state index contributed by atoms with van der Waals surface area (Å²) in [5.74, 6) is 0.627. The molecule has 3 heteroatoms. The number of rotatable bonds is 4. The molecule has 1 aromatic heterocycles. The molecule has 1 heterocycles. The smallest absolute Gasteiger partial charge is 0.310 e. The Morgan fingerprint density at radius 3 is 2.67 bits per heavy atom. The molecule has 0 radical (unpaired) electrons. The predicted molar refractivity (Wildman–Crippen MR) is 82.0 cm³/mol. The molecule has 0 N–H and O–H groups in total. The van der Waals surface area contributed by atoms with E-state index >= 15 is 0 Å². The number of esters is 1. The Morgan fingerprint density at radius 2 is 1.90 bits per heavy atom. The van der Waals surface area contributed by atoms with Gasteiger partial charge in [0, 0.05) is 10.9 Å². The second kappa shape index (κ2) is 5.83. The van der Waals surface area contributed by atoms with Gasteiger partial charge in [0.2, 0.25) is 0 Å². The van der Waals surface area contributed by atoms with Crippen LogP contribution >= 0.6 is 0 Å². The fraction of sp³-hybridized carbons (Fsp3) is 0.167. The molecule has 0 unspecified atom stereocenters. The van der Waals surface area contributed by atoms with Gasteiger partial charge in [-0.2, -0.15) is 0 Å². The van der Waals surface area contributed by atoms with E-state index in [-0.39, 0.29) is 12.4 Å². The number of ether oxygens (including phenoxy) is 1. The minimum Gasteiger partial charge on any atom is -0.466 e. The van der Waals surface area contributed by atoms with E-state index < -0.39 is 0 Å². The molecule has 106 valence electrons. The molecule has 0 fully saturated rings. The second-order valence-electron chi connectivity index (χ2n) is 4.83. The number of benzene rings is 2. The number of carbonyl (C=O) groups excluding carboxylic acids is 1. The summed E-state index contributed by atoms with van der Waals surface area (Å²) in [7, 11) is 0. The lowest BCUT2D eigenvalue weighted by molar-refractivity contribution is -0.142. The lowest BCUT2D eigenvalue weighted by Crippen LogP contribution is -2.07. The van der Waals surface area contributed by atoms with Crippen molar-refractivity contribution in [3.63, 3.8) is 0 Å². The zero-order valence-corrected chi connectivity index (χ0v) is 11.8. The van der Waals surface area contributed by atoms with Gasteiger partial charge in [0.1, 0.15) is 11.3 Å². The predicted octanol–water partition coefficient (Wildman–Crippen LogP) is 4.21. The van der Waals surface area contributed by atoms with Crippen LogP contribution in [-0.2, 0) is 16.0 Å². The molecule has 0 bridgehead atoms. The highest BCUT2D eigenvalue weighted by atomic mass is 16.5. The SMILES string of the molecule is CCOC(=O)Cc1ccc2oc(-c3ccccc3)cc2c1. The zero-order chi connectivity index (χ0) is 14.7. The van der Waals surface area contributed by atoms with Gasteiger partial charge in [0.05, 0.1) is 13.0 Å². The van der Waals surface area contributed by atoms with Crippen LogP contribution in [0.5, 0.6) is 0 Å². The van der Waals surface area contributed by atoms with Crippen LogP contribution in [0.25, 0.3) is 22.3 Å². The summed E-state index contributed by atoms with van der Waals surface area (Å²) in [6, 6.07) is 17.7. The van der Waals surface area contributed by atoms with E-state index in [1.165, 1.54) is 0 Å². The fourth-order valence-electron chi connectivity index (χ4n) is 2.33. The first-order valence-electron chi connectivity index (χ1n) is 7.00. The van der Waals surface area contributed by atoms with Gasteiger partial charge in [0.25, 0.3) is 0 Å². The molecule has 3 nitrogen and oxygen atoms in total. The maximum atomic E-state index is 11.5. The van der Waals surface area contributed by atoms with Crippen molar-refractivity contribution < 1.29 is 13.9 Å². The summed E-state index contributed by atoms with van der Waals surface area (Å²) < 4.78 is 10.8. The van der Waals surface area contributed by atoms with Crippen molar-refractivity contribution in [3.8, 4) is 11.3 Å². The van der Waals surface area contributed by atoms with E-state index in [1.807, 2.05) is 61.5 Å². The first-order valence-corrected chi connectivity index (χ1v) is 7.00. The highest BCUT2D eigenvalue weighted by molar-refractivity contribution is 5.84. The number of hydrogen-bond donors (Lipinski definition) is 0. The third-order valence-electron chi connectivity index (χ3n) is 3.29. The van der Waals surface area contributed by atoms with Crippen LogP contribution in [0.15, 0.2) is 59.0 Å². The summed E-state index contributed by atoms with van der Waals surface area (Å²) >= 11 is 0. The van der Waals surface area contributed by atoms with Crippen molar-refractivity contribution in [1.82, 2.24) is 0 Å². The zero-order valence-electron chi connectivity index (χ0n) is 11.8. The minimum atomic E-state index is -0.205. The van der Waals surface area contributed by atoms with E-state index in [1.54, 1.807) is 0 Å². The van der Waals surface area contributed by atoms with Crippen LogP contribution in [0.3, 0.4) is 0 Å². The molecular weight excluding hydrogens is 264 g/mol. The van der Waals surface area contributed by atoms with Crippen molar-refractivity contribution in [2.75, 3.05) is 6.61 Å². The average Bonchev–Trinajstić information content (AvgIpc) is 2.91. The quantitative estimate of drug-likeness (QED) is 0.672.